The zero-order valence-electron chi connectivity index (χ0n) is 8.87. The van der Waals surface area contributed by atoms with Gasteiger partial charge < -0.3 is 15.3 Å². The molecule has 86 valence electrons. The Morgan fingerprint density at radius 2 is 1.87 bits per heavy atom. The molecule has 1 heterocycles. The van der Waals surface area contributed by atoms with Crippen LogP contribution < -0.4 is 5.32 Å². The van der Waals surface area contributed by atoms with Crippen molar-refractivity contribution in [1.82, 2.24) is 10.2 Å². The van der Waals surface area contributed by atoms with Gasteiger partial charge in [0.15, 0.2) is 0 Å². The summed E-state index contributed by atoms with van der Waals surface area (Å²) < 4.78 is 0. The minimum absolute atomic E-state index is 0.0555. The lowest BCUT2D eigenvalue weighted by molar-refractivity contribution is -0.137. The van der Waals surface area contributed by atoms with Gasteiger partial charge in [-0.2, -0.15) is 0 Å². The van der Waals surface area contributed by atoms with E-state index in [1.54, 1.807) is 4.90 Å². The summed E-state index contributed by atoms with van der Waals surface area (Å²) in [4.78, 5) is 23.5. The first-order valence-corrected chi connectivity index (χ1v) is 5.45. The molecule has 0 aliphatic carbocycles. The second kappa shape index (κ2) is 6.27. The number of amides is 2. The fraction of sp³-hybridized carbons (Fsp3) is 0.800. The molecule has 5 heteroatoms. The summed E-state index contributed by atoms with van der Waals surface area (Å²) in [6.45, 7) is 2.09. The summed E-state index contributed by atoms with van der Waals surface area (Å²) >= 11 is 0. The molecule has 0 aromatic rings. The number of nitrogens with zero attached hydrogens (tertiary/aromatic N) is 1. The molecule has 0 unspecified atom stereocenters. The summed E-state index contributed by atoms with van der Waals surface area (Å²) in [6.07, 6.45) is 3.95. The maximum absolute atomic E-state index is 11.5. The number of carboxylic acids is 1. The molecule has 1 rings (SSSR count). The van der Waals surface area contributed by atoms with Crippen molar-refractivity contribution in [2.75, 3.05) is 19.6 Å². The van der Waals surface area contributed by atoms with E-state index in [1.807, 2.05) is 0 Å². The summed E-state index contributed by atoms with van der Waals surface area (Å²) in [5, 5.41) is 11.1. The van der Waals surface area contributed by atoms with Crippen LogP contribution in [0, 0.1) is 0 Å². The molecule has 0 aromatic heterocycles. The van der Waals surface area contributed by atoms with E-state index in [1.165, 1.54) is 6.42 Å². The van der Waals surface area contributed by atoms with Gasteiger partial charge in [-0.1, -0.05) is 0 Å². The van der Waals surface area contributed by atoms with Crippen LogP contribution in [0.3, 0.4) is 0 Å². The summed E-state index contributed by atoms with van der Waals surface area (Å²) in [5.74, 6) is -0.817. The average Bonchev–Trinajstić information content (AvgIpc) is 2.25. The molecule has 5 nitrogen and oxygen atoms in total. The minimum Gasteiger partial charge on any atom is -0.481 e. The fourth-order valence-corrected chi connectivity index (χ4v) is 1.64. The highest BCUT2D eigenvalue weighted by Gasteiger charge is 2.15. The number of rotatable bonds is 4. The van der Waals surface area contributed by atoms with Crippen LogP contribution in [0.5, 0.6) is 0 Å². The van der Waals surface area contributed by atoms with Crippen molar-refractivity contribution in [3.8, 4) is 0 Å². The first kappa shape index (κ1) is 11.8. The van der Waals surface area contributed by atoms with E-state index in [0.717, 1.165) is 25.9 Å². The molecule has 1 aliphatic heterocycles. The molecule has 15 heavy (non-hydrogen) atoms. The van der Waals surface area contributed by atoms with Gasteiger partial charge in [0.25, 0.3) is 0 Å². The van der Waals surface area contributed by atoms with E-state index >= 15 is 0 Å². The normalized spacial score (nSPS) is 16.1. The molecule has 2 amide bonds. The zero-order chi connectivity index (χ0) is 11.1. The Labute approximate surface area is 89.4 Å². The van der Waals surface area contributed by atoms with Gasteiger partial charge in [0.2, 0.25) is 0 Å². The predicted octanol–water partition coefficient (Wildman–Crippen LogP) is 1.05. The summed E-state index contributed by atoms with van der Waals surface area (Å²) in [5.41, 5.74) is 0. The molecule has 1 aliphatic rings. The summed E-state index contributed by atoms with van der Waals surface area (Å²) in [7, 11) is 0. The van der Waals surface area contributed by atoms with Gasteiger partial charge >= 0.3 is 12.0 Å². The van der Waals surface area contributed by atoms with Gasteiger partial charge in [0.05, 0.1) is 0 Å². The Morgan fingerprint density at radius 1 is 1.20 bits per heavy atom. The van der Waals surface area contributed by atoms with Crippen LogP contribution in [0.1, 0.15) is 32.1 Å². The monoisotopic (exact) mass is 214 g/mol. The van der Waals surface area contributed by atoms with Gasteiger partial charge in [0, 0.05) is 26.1 Å². The van der Waals surface area contributed by atoms with Crippen molar-refractivity contribution < 1.29 is 14.7 Å². The van der Waals surface area contributed by atoms with E-state index in [9.17, 15) is 9.59 Å². The van der Waals surface area contributed by atoms with Crippen molar-refractivity contribution in [3.63, 3.8) is 0 Å². The molecular formula is C10H18N2O3. The van der Waals surface area contributed by atoms with Gasteiger partial charge in [-0.3, -0.25) is 4.79 Å². The number of nitrogens with one attached hydrogen (secondary N) is 1. The number of likely N-dealkylation sites (tertiary alicyclic amines) is 1. The fourth-order valence-electron chi connectivity index (χ4n) is 1.64. The maximum Gasteiger partial charge on any atom is 0.317 e. The second-order valence-corrected chi connectivity index (χ2v) is 3.78. The van der Waals surface area contributed by atoms with E-state index in [2.05, 4.69) is 5.32 Å². The number of carbonyl (C=O) groups excluding carboxylic acids is 1. The Kier molecular flexibility index (Phi) is 4.93. The largest absolute Gasteiger partial charge is 0.481 e. The molecule has 0 aromatic carbocycles. The number of aliphatic carboxylic acids is 1. The third-order valence-electron chi connectivity index (χ3n) is 2.49. The Hall–Kier alpha value is -1.26. The smallest absolute Gasteiger partial charge is 0.317 e. The SMILES string of the molecule is O=C(O)CCCNC(=O)N1CCCCC1. The summed E-state index contributed by atoms with van der Waals surface area (Å²) in [6, 6.07) is -0.0555. The highest BCUT2D eigenvalue weighted by molar-refractivity contribution is 5.74. The van der Waals surface area contributed by atoms with E-state index in [0.29, 0.717) is 13.0 Å². The minimum atomic E-state index is -0.817. The molecule has 0 atom stereocenters. The third-order valence-corrected chi connectivity index (χ3v) is 2.49. The standard InChI is InChI=1S/C10H18N2O3/c13-9(14)5-4-6-11-10(15)12-7-2-1-3-8-12/h1-8H2,(H,11,15)(H,13,14). The highest BCUT2D eigenvalue weighted by atomic mass is 16.4. The van der Waals surface area contributed by atoms with Crippen LogP contribution in [-0.2, 0) is 4.79 Å². The molecule has 1 fully saturated rings. The van der Waals surface area contributed by atoms with E-state index < -0.39 is 5.97 Å². The average molecular weight is 214 g/mol. The van der Waals surface area contributed by atoms with Crippen LogP contribution in [-0.4, -0.2) is 41.6 Å². The van der Waals surface area contributed by atoms with Crippen LogP contribution in [0.4, 0.5) is 4.79 Å². The number of urea groups is 1. The van der Waals surface area contributed by atoms with Crippen molar-refractivity contribution in [2.45, 2.75) is 32.1 Å². The number of carbonyl (C=O) groups is 2. The Morgan fingerprint density at radius 3 is 2.47 bits per heavy atom. The van der Waals surface area contributed by atoms with Crippen molar-refractivity contribution in [3.05, 3.63) is 0 Å². The van der Waals surface area contributed by atoms with Crippen molar-refractivity contribution in [1.29, 1.82) is 0 Å². The predicted molar refractivity (Wildman–Crippen MR) is 55.7 cm³/mol. The zero-order valence-corrected chi connectivity index (χ0v) is 8.87. The Bertz CT molecular complexity index is 225. The lowest BCUT2D eigenvalue weighted by Crippen LogP contribution is -2.43. The first-order chi connectivity index (χ1) is 7.20. The second-order valence-electron chi connectivity index (χ2n) is 3.78. The molecule has 2 N–H and O–H groups in total. The highest BCUT2D eigenvalue weighted by Crippen LogP contribution is 2.08. The lowest BCUT2D eigenvalue weighted by Gasteiger charge is -2.26. The lowest BCUT2D eigenvalue weighted by atomic mass is 10.1. The topological polar surface area (TPSA) is 69.6 Å². The van der Waals surface area contributed by atoms with Crippen LogP contribution in [0.15, 0.2) is 0 Å². The number of hydrogen-bond acceptors (Lipinski definition) is 2. The van der Waals surface area contributed by atoms with Gasteiger partial charge in [-0.25, -0.2) is 4.79 Å². The van der Waals surface area contributed by atoms with E-state index in [4.69, 9.17) is 5.11 Å². The van der Waals surface area contributed by atoms with Crippen molar-refractivity contribution >= 4 is 12.0 Å². The molecule has 0 bridgehead atoms. The van der Waals surface area contributed by atoms with Crippen LogP contribution in [0.2, 0.25) is 0 Å². The maximum atomic E-state index is 11.5. The quantitative estimate of drug-likeness (QED) is 0.687. The number of piperidine rings is 1. The van der Waals surface area contributed by atoms with E-state index in [-0.39, 0.29) is 12.5 Å². The van der Waals surface area contributed by atoms with Crippen LogP contribution in [0.25, 0.3) is 0 Å². The van der Waals surface area contributed by atoms with Gasteiger partial charge in [0.1, 0.15) is 0 Å². The molecule has 0 spiro atoms. The van der Waals surface area contributed by atoms with Crippen molar-refractivity contribution in [2.24, 2.45) is 0 Å². The Balaban J connectivity index is 2.09. The van der Waals surface area contributed by atoms with Gasteiger partial charge in [-0.15, -0.1) is 0 Å². The number of carboxylic acid groups (broad SMARTS) is 1. The third kappa shape index (κ3) is 4.67. The number of hydrogen-bond donors (Lipinski definition) is 2. The molecule has 0 radical (unpaired) electrons. The molecular weight excluding hydrogens is 196 g/mol. The molecule has 0 saturated carbocycles. The molecule has 1 saturated heterocycles. The van der Waals surface area contributed by atoms with Gasteiger partial charge in [-0.05, 0) is 25.7 Å². The van der Waals surface area contributed by atoms with Crippen LogP contribution >= 0.6 is 0 Å². The first-order valence-electron chi connectivity index (χ1n) is 5.45.